The van der Waals surface area contributed by atoms with E-state index in [0.717, 1.165) is 0 Å². The molecule has 0 spiro atoms. The first-order valence-corrected chi connectivity index (χ1v) is 8.46. The summed E-state index contributed by atoms with van der Waals surface area (Å²) in [6.07, 6.45) is 11.6. The van der Waals surface area contributed by atoms with Crippen molar-refractivity contribution in [2.45, 2.75) is 90.1 Å². The number of nitrogens with one attached hydrogen (secondary N) is 1. The van der Waals surface area contributed by atoms with Gasteiger partial charge in [0.15, 0.2) is 0 Å². The van der Waals surface area contributed by atoms with Crippen molar-refractivity contribution in [3.05, 3.63) is 0 Å². The van der Waals surface area contributed by atoms with Crippen molar-refractivity contribution >= 4 is 0 Å². The van der Waals surface area contributed by atoms with E-state index in [0.29, 0.717) is 6.04 Å². The van der Waals surface area contributed by atoms with E-state index in [1.165, 1.54) is 70.9 Å². The van der Waals surface area contributed by atoms with Crippen LogP contribution in [0.5, 0.6) is 0 Å². The second kappa shape index (κ2) is 8.93. The fourth-order valence-electron chi connectivity index (χ4n) is 3.86. The first kappa shape index (κ1) is 16.9. The van der Waals surface area contributed by atoms with Crippen molar-refractivity contribution in [3.8, 4) is 0 Å². The highest BCUT2D eigenvalue weighted by Gasteiger charge is 2.41. The molecule has 0 amide bonds. The summed E-state index contributed by atoms with van der Waals surface area (Å²) in [4.78, 5) is 2.71. The Kier molecular flexibility index (Phi) is 7.96. The first-order valence-electron chi connectivity index (χ1n) is 8.46. The highest BCUT2D eigenvalue weighted by molar-refractivity contribution is 4.99. The standard InChI is InChI=1S/C16H35N3/c1-4-7-8-9-12-15(18-17)16(5-2,6-3)19-13-10-11-14-19/h15,18H,4-14,17H2,1-3H3. The molecule has 0 aromatic carbocycles. The Bertz CT molecular complexity index is 220. The Morgan fingerprint density at radius 3 is 2.16 bits per heavy atom. The van der Waals surface area contributed by atoms with Gasteiger partial charge >= 0.3 is 0 Å². The van der Waals surface area contributed by atoms with Crippen LogP contribution in [0.25, 0.3) is 0 Å². The predicted molar refractivity (Wildman–Crippen MR) is 84.0 cm³/mol. The van der Waals surface area contributed by atoms with Gasteiger partial charge < -0.3 is 0 Å². The van der Waals surface area contributed by atoms with Crippen LogP contribution in [0.2, 0.25) is 0 Å². The van der Waals surface area contributed by atoms with E-state index >= 15 is 0 Å². The maximum absolute atomic E-state index is 5.92. The molecule has 1 fully saturated rings. The smallest absolute Gasteiger partial charge is 0.0394 e. The molecule has 1 unspecified atom stereocenters. The van der Waals surface area contributed by atoms with Gasteiger partial charge in [0.2, 0.25) is 0 Å². The van der Waals surface area contributed by atoms with E-state index in [1.807, 2.05) is 0 Å². The van der Waals surface area contributed by atoms with Gasteiger partial charge in [0.25, 0.3) is 0 Å². The summed E-state index contributed by atoms with van der Waals surface area (Å²) >= 11 is 0. The molecule has 114 valence electrons. The summed E-state index contributed by atoms with van der Waals surface area (Å²) in [6.45, 7) is 9.45. The highest BCUT2D eigenvalue weighted by atomic mass is 15.3. The molecule has 0 radical (unpaired) electrons. The summed E-state index contributed by atoms with van der Waals surface area (Å²) in [5, 5.41) is 0. The van der Waals surface area contributed by atoms with E-state index in [9.17, 15) is 0 Å². The average molecular weight is 269 g/mol. The molecule has 3 nitrogen and oxygen atoms in total. The van der Waals surface area contributed by atoms with Crippen molar-refractivity contribution in [1.29, 1.82) is 0 Å². The summed E-state index contributed by atoms with van der Waals surface area (Å²) < 4.78 is 0. The zero-order chi connectivity index (χ0) is 14.1. The molecule has 1 rings (SSSR count). The highest BCUT2D eigenvalue weighted by Crippen LogP contribution is 2.33. The minimum Gasteiger partial charge on any atom is -0.296 e. The third-order valence-corrected chi connectivity index (χ3v) is 5.16. The van der Waals surface area contributed by atoms with Crippen molar-refractivity contribution in [2.75, 3.05) is 13.1 Å². The SMILES string of the molecule is CCCCCCC(NN)C(CC)(CC)N1CCCC1. The molecular formula is C16H35N3. The van der Waals surface area contributed by atoms with Crippen molar-refractivity contribution in [1.82, 2.24) is 10.3 Å². The van der Waals surface area contributed by atoms with Crippen LogP contribution in [0.4, 0.5) is 0 Å². The number of hydrazine groups is 1. The molecule has 0 aliphatic carbocycles. The predicted octanol–water partition coefficient (Wildman–Crippen LogP) is 3.44. The average Bonchev–Trinajstić information content (AvgIpc) is 2.97. The van der Waals surface area contributed by atoms with E-state index < -0.39 is 0 Å². The molecule has 0 aromatic heterocycles. The Labute approximate surface area is 120 Å². The molecule has 1 saturated heterocycles. The fraction of sp³-hybridized carbons (Fsp3) is 1.00. The Hall–Kier alpha value is -0.120. The molecule has 19 heavy (non-hydrogen) atoms. The third-order valence-electron chi connectivity index (χ3n) is 5.16. The Balaban J connectivity index is 2.64. The topological polar surface area (TPSA) is 41.3 Å². The molecular weight excluding hydrogens is 234 g/mol. The first-order chi connectivity index (χ1) is 9.25. The molecule has 1 aliphatic rings. The number of unbranched alkanes of at least 4 members (excludes halogenated alkanes) is 3. The Morgan fingerprint density at radius 2 is 1.68 bits per heavy atom. The lowest BCUT2D eigenvalue weighted by Gasteiger charge is -2.46. The number of hydrogen-bond donors (Lipinski definition) is 2. The lowest BCUT2D eigenvalue weighted by Crippen LogP contribution is -2.61. The molecule has 1 aliphatic heterocycles. The van der Waals surface area contributed by atoms with E-state index in [1.54, 1.807) is 0 Å². The van der Waals surface area contributed by atoms with Crippen LogP contribution in [0.1, 0.15) is 78.6 Å². The number of rotatable bonds is 10. The summed E-state index contributed by atoms with van der Waals surface area (Å²) in [5.41, 5.74) is 3.43. The molecule has 3 heteroatoms. The van der Waals surface area contributed by atoms with Crippen LogP contribution in [-0.4, -0.2) is 29.6 Å². The fourth-order valence-corrected chi connectivity index (χ4v) is 3.86. The van der Waals surface area contributed by atoms with Gasteiger partial charge in [-0.2, -0.15) is 0 Å². The second-order valence-corrected chi connectivity index (χ2v) is 6.07. The van der Waals surface area contributed by atoms with Crippen LogP contribution in [0, 0.1) is 0 Å². The van der Waals surface area contributed by atoms with Crippen LogP contribution >= 0.6 is 0 Å². The largest absolute Gasteiger partial charge is 0.296 e. The quantitative estimate of drug-likeness (QED) is 0.363. The van der Waals surface area contributed by atoms with Crippen LogP contribution in [0.15, 0.2) is 0 Å². The number of hydrogen-bond acceptors (Lipinski definition) is 3. The van der Waals surface area contributed by atoms with E-state index in [2.05, 4.69) is 31.1 Å². The zero-order valence-electron chi connectivity index (χ0n) is 13.4. The zero-order valence-corrected chi connectivity index (χ0v) is 13.4. The minimum atomic E-state index is 0.275. The normalized spacial score (nSPS) is 18.9. The molecule has 3 N–H and O–H groups in total. The van der Waals surface area contributed by atoms with Crippen LogP contribution in [-0.2, 0) is 0 Å². The monoisotopic (exact) mass is 269 g/mol. The van der Waals surface area contributed by atoms with Gasteiger partial charge in [-0.25, -0.2) is 0 Å². The van der Waals surface area contributed by atoms with Gasteiger partial charge in [-0.3, -0.25) is 16.2 Å². The van der Waals surface area contributed by atoms with Gasteiger partial charge in [-0.1, -0.05) is 46.5 Å². The van der Waals surface area contributed by atoms with Crippen molar-refractivity contribution in [3.63, 3.8) is 0 Å². The molecule has 0 bridgehead atoms. The van der Waals surface area contributed by atoms with Crippen LogP contribution < -0.4 is 11.3 Å². The van der Waals surface area contributed by atoms with Gasteiger partial charge in [0.05, 0.1) is 0 Å². The van der Waals surface area contributed by atoms with Crippen molar-refractivity contribution in [2.24, 2.45) is 5.84 Å². The maximum Gasteiger partial charge on any atom is 0.0394 e. The number of nitrogens with two attached hydrogens (primary N) is 1. The van der Waals surface area contributed by atoms with Crippen LogP contribution in [0.3, 0.4) is 0 Å². The third kappa shape index (κ3) is 4.17. The maximum atomic E-state index is 5.92. The molecule has 1 heterocycles. The van der Waals surface area contributed by atoms with E-state index in [-0.39, 0.29) is 5.54 Å². The summed E-state index contributed by atoms with van der Waals surface area (Å²) in [5.74, 6) is 5.92. The number of likely N-dealkylation sites (tertiary alicyclic amines) is 1. The molecule has 1 atom stereocenters. The minimum absolute atomic E-state index is 0.275. The lowest BCUT2D eigenvalue weighted by molar-refractivity contribution is 0.0575. The van der Waals surface area contributed by atoms with Gasteiger partial charge in [0, 0.05) is 11.6 Å². The van der Waals surface area contributed by atoms with E-state index in [4.69, 9.17) is 5.84 Å². The summed E-state index contributed by atoms with van der Waals surface area (Å²) in [7, 11) is 0. The molecule has 0 aromatic rings. The number of nitrogens with zero attached hydrogens (tertiary/aromatic N) is 1. The van der Waals surface area contributed by atoms with Gasteiger partial charge in [-0.15, -0.1) is 0 Å². The van der Waals surface area contributed by atoms with Crippen molar-refractivity contribution < 1.29 is 0 Å². The Morgan fingerprint density at radius 1 is 1.05 bits per heavy atom. The lowest BCUT2D eigenvalue weighted by atomic mass is 9.80. The van der Waals surface area contributed by atoms with Gasteiger partial charge in [0.1, 0.15) is 0 Å². The molecule has 0 saturated carbocycles. The summed E-state index contributed by atoms with van der Waals surface area (Å²) in [6, 6.07) is 0.442. The second-order valence-electron chi connectivity index (χ2n) is 6.07. The van der Waals surface area contributed by atoms with Gasteiger partial charge in [-0.05, 0) is 45.2 Å².